The highest BCUT2D eigenvalue weighted by atomic mass is 35.5. The number of ether oxygens (including phenoxy) is 2. The maximum absolute atomic E-state index is 12.5. The number of benzene rings is 1. The monoisotopic (exact) mass is 424 g/mol. The Morgan fingerprint density at radius 3 is 2.74 bits per heavy atom. The minimum atomic E-state index is -0.185. The minimum Gasteiger partial charge on any atom is -0.494 e. The van der Waals surface area contributed by atoms with Crippen molar-refractivity contribution in [2.24, 2.45) is 4.99 Å². The Morgan fingerprint density at radius 1 is 1.19 bits per heavy atom. The van der Waals surface area contributed by atoms with Crippen LogP contribution in [0.15, 0.2) is 35.3 Å². The van der Waals surface area contributed by atoms with Gasteiger partial charge in [0.2, 0.25) is 0 Å². The molecule has 3 rings (SSSR count). The lowest BCUT2D eigenvalue weighted by molar-refractivity contribution is -0.117. The van der Waals surface area contributed by atoms with E-state index < -0.39 is 0 Å². The molecule has 0 fully saturated rings. The van der Waals surface area contributed by atoms with Crippen molar-refractivity contribution in [3.63, 3.8) is 0 Å². The number of fused-ring (bicyclic) bond motifs is 1. The number of hydrogen-bond acceptors (Lipinski definition) is 5. The van der Waals surface area contributed by atoms with Crippen LogP contribution in [0.5, 0.6) is 5.75 Å². The van der Waals surface area contributed by atoms with Crippen LogP contribution in [-0.4, -0.2) is 30.3 Å². The van der Waals surface area contributed by atoms with Crippen LogP contribution < -0.4 is 9.54 Å². The zero-order valence-electron chi connectivity index (χ0n) is 15.2. The van der Waals surface area contributed by atoms with E-state index >= 15 is 0 Å². The first-order valence-corrected chi connectivity index (χ1v) is 10.8. The molecule has 2 aromatic heterocycles. The summed E-state index contributed by atoms with van der Waals surface area (Å²) < 4.78 is 14.8. The predicted octanol–water partition coefficient (Wildman–Crippen LogP) is 4.52. The lowest BCUT2D eigenvalue weighted by atomic mass is 10.3. The zero-order chi connectivity index (χ0) is 19.2. The maximum Gasteiger partial charge on any atom is 0.253 e. The van der Waals surface area contributed by atoms with Gasteiger partial charge in [-0.05, 0) is 44.2 Å². The number of rotatable bonds is 8. The van der Waals surface area contributed by atoms with Gasteiger partial charge in [0.15, 0.2) is 4.80 Å². The first-order chi connectivity index (χ1) is 13.1. The summed E-state index contributed by atoms with van der Waals surface area (Å²) in [6.07, 6.45) is 0.251. The van der Waals surface area contributed by atoms with Gasteiger partial charge in [0, 0.05) is 18.0 Å². The van der Waals surface area contributed by atoms with Crippen LogP contribution in [0.2, 0.25) is 4.34 Å². The number of amides is 1. The third-order valence-electron chi connectivity index (χ3n) is 3.80. The standard InChI is InChI=1S/C19H21ClN2O3S2/c1-3-24-10-9-22-15-7-5-13(25-4-2)11-16(15)27-19(22)21-18(23)12-14-6-8-17(20)26-14/h5-8,11H,3-4,9-10,12H2,1-2H3. The number of carbonyl (C=O) groups is 1. The van der Waals surface area contributed by atoms with Crippen molar-refractivity contribution in [1.82, 2.24) is 4.57 Å². The van der Waals surface area contributed by atoms with Crippen LogP contribution in [-0.2, 0) is 22.5 Å². The summed E-state index contributed by atoms with van der Waals surface area (Å²) in [7, 11) is 0. The molecule has 2 heterocycles. The fourth-order valence-corrected chi connectivity index (χ4v) is 4.83. The highest BCUT2D eigenvalue weighted by Gasteiger charge is 2.10. The van der Waals surface area contributed by atoms with Gasteiger partial charge < -0.3 is 14.0 Å². The molecule has 144 valence electrons. The van der Waals surface area contributed by atoms with E-state index in [0.717, 1.165) is 20.8 Å². The molecule has 0 aliphatic heterocycles. The molecule has 0 N–H and O–H groups in total. The van der Waals surface area contributed by atoms with Gasteiger partial charge in [0.25, 0.3) is 5.91 Å². The highest BCUT2D eigenvalue weighted by Crippen LogP contribution is 2.24. The Balaban J connectivity index is 1.95. The van der Waals surface area contributed by atoms with Crippen molar-refractivity contribution in [1.29, 1.82) is 0 Å². The van der Waals surface area contributed by atoms with Crippen LogP contribution in [0, 0.1) is 0 Å². The maximum atomic E-state index is 12.5. The van der Waals surface area contributed by atoms with E-state index in [0.29, 0.717) is 35.5 Å². The Hall–Kier alpha value is -1.67. The molecule has 0 atom stereocenters. The summed E-state index contributed by atoms with van der Waals surface area (Å²) in [5, 5.41) is 0. The fraction of sp³-hybridized carbons (Fsp3) is 0.368. The average molecular weight is 425 g/mol. The molecule has 8 heteroatoms. The molecule has 0 saturated heterocycles. The number of aromatic nitrogens is 1. The topological polar surface area (TPSA) is 52.8 Å². The van der Waals surface area contributed by atoms with Gasteiger partial charge in [0.1, 0.15) is 5.75 Å². The van der Waals surface area contributed by atoms with Crippen molar-refractivity contribution >= 4 is 50.4 Å². The third kappa shape index (κ3) is 5.19. The Labute approximate surface area is 170 Å². The molecule has 0 spiro atoms. The van der Waals surface area contributed by atoms with Crippen LogP contribution in [0.25, 0.3) is 10.2 Å². The van der Waals surface area contributed by atoms with E-state index in [4.69, 9.17) is 21.1 Å². The largest absolute Gasteiger partial charge is 0.494 e. The second-order valence-electron chi connectivity index (χ2n) is 5.68. The first-order valence-electron chi connectivity index (χ1n) is 8.76. The highest BCUT2D eigenvalue weighted by molar-refractivity contribution is 7.16. The molecular weight excluding hydrogens is 404 g/mol. The van der Waals surface area contributed by atoms with Crippen molar-refractivity contribution in [2.45, 2.75) is 26.8 Å². The van der Waals surface area contributed by atoms with E-state index in [1.807, 2.05) is 42.7 Å². The molecule has 0 saturated carbocycles. The smallest absolute Gasteiger partial charge is 0.253 e. The number of halogens is 1. The summed E-state index contributed by atoms with van der Waals surface area (Å²) in [4.78, 5) is 18.4. The number of thiophene rings is 1. The molecule has 1 aromatic carbocycles. The van der Waals surface area contributed by atoms with Gasteiger partial charge in [0.05, 0.1) is 34.2 Å². The van der Waals surface area contributed by atoms with Crippen molar-refractivity contribution < 1.29 is 14.3 Å². The van der Waals surface area contributed by atoms with Crippen LogP contribution in [0.4, 0.5) is 0 Å². The average Bonchev–Trinajstić information content (AvgIpc) is 3.18. The van der Waals surface area contributed by atoms with E-state index in [9.17, 15) is 4.79 Å². The summed E-state index contributed by atoms with van der Waals surface area (Å²) >= 11 is 8.83. The van der Waals surface area contributed by atoms with Crippen molar-refractivity contribution in [3.8, 4) is 5.75 Å². The molecule has 1 amide bonds. The van der Waals surface area contributed by atoms with Crippen LogP contribution >= 0.6 is 34.3 Å². The number of carbonyl (C=O) groups excluding carboxylic acids is 1. The number of thiazole rings is 1. The minimum absolute atomic E-state index is 0.185. The lowest BCUT2D eigenvalue weighted by Crippen LogP contribution is -2.20. The van der Waals surface area contributed by atoms with Gasteiger partial charge in [-0.15, -0.1) is 11.3 Å². The Morgan fingerprint density at radius 2 is 2.04 bits per heavy atom. The van der Waals surface area contributed by atoms with Crippen molar-refractivity contribution in [2.75, 3.05) is 19.8 Å². The molecular formula is C19H21ClN2O3S2. The molecule has 27 heavy (non-hydrogen) atoms. The predicted molar refractivity (Wildman–Crippen MR) is 111 cm³/mol. The molecule has 0 aliphatic rings. The van der Waals surface area contributed by atoms with Crippen LogP contribution in [0.1, 0.15) is 18.7 Å². The van der Waals surface area contributed by atoms with E-state index in [1.165, 1.54) is 22.7 Å². The Bertz CT molecular complexity index is 990. The fourth-order valence-electron chi connectivity index (χ4n) is 2.65. The summed E-state index contributed by atoms with van der Waals surface area (Å²) in [6, 6.07) is 9.60. The van der Waals surface area contributed by atoms with E-state index in [1.54, 1.807) is 6.07 Å². The normalized spacial score (nSPS) is 12.0. The van der Waals surface area contributed by atoms with Gasteiger partial charge in [-0.2, -0.15) is 4.99 Å². The second-order valence-corrected chi connectivity index (χ2v) is 8.49. The molecule has 0 aliphatic carbocycles. The van der Waals surface area contributed by atoms with Crippen LogP contribution in [0.3, 0.4) is 0 Å². The summed E-state index contributed by atoms with van der Waals surface area (Å²) in [5.41, 5.74) is 1.02. The second kappa shape index (κ2) is 9.50. The molecule has 5 nitrogen and oxygen atoms in total. The third-order valence-corrected chi connectivity index (χ3v) is 6.08. The molecule has 3 aromatic rings. The molecule has 0 unspecified atom stereocenters. The quantitative estimate of drug-likeness (QED) is 0.499. The Kier molecular flexibility index (Phi) is 7.07. The van der Waals surface area contributed by atoms with Gasteiger partial charge in [-0.1, -0.05) is 22.9 Å². The van der Waals surface area contributed by atoms with E-state index in [-0.39, 0.29) is 12.3 Å². The van der Waals surface area contributed by atoms with Gasteiger partial charge >= 0.3 is 0 Å². The lowest BCUT2D eigenvalue weighted by Gasteiger charge is -2.06. The van der Waals surface area contributed by atoms with Gasteiger partial charge in [-0.3, -0.25) is 4.79 Å². The molecule has 0 bridgehead atoms. The summed E-state index contributed by atoms with van der Waals surface area (Å²) in [5.74, 6) is 0.629. The van der Waals surface area contributed by atoms with E-state index in [2.05, 4.69) is 4.99 Å². The number of nitrogens with zero attached hydrogens (tertiary/aromatic N) is 2. The first kappa shape index (κ1) is 20.1. The number of hydrogen-bond donors (Lipinski definition) is 0. The van der Waals surface area contributed by atoms with Gasteiger partial charge in [-0.25, -0.2) is 0 Å². The van der Waals surface area contributed by atoms with Crippen molar-refractivity contribution in [3.05, 3.63) is 44.3 Å². The molecule has 0 radical (unpaired) electrons. The SMILES string of the molecule is CCOCCn1c(=NC(=O)Cc2ccc(Cl)s2)sc2cc(OCC)ccc21. The zero-order valence-corrected chi connectivity index (χ0v) is 17.6. The summed E-state index contributed by atoms with van der Waals surface area (Å²) in [6.45, 7) is 6.39.